The molecule has 0 saturated carbocycles. The highest BCUT2D eigenvalue weighted by molar-refractivity contribution is 5.43. The van der Waals surface area contributed by atoms with E-state index in [0.29, 0.717) is 12.1 Å². The number of benzene rings is 2. The quantitative estimate of drug-likeness (QED) is 0.766. The van der Waals surface area contributed by atoms with Crippen LogP contribution in [-0.2, 0) is 13.0 Å². The van der Waals surface area contributed by atoms with E-state index in [2.05, 4.69) is 59.6 Å². The van der Waals surface area contributed by atoms with Crippen molar-refractivity contribution in [1.29, 1.82) is 0 Å². The summed E-state index contributed by atoms with van der Waals surface area (Å²) in [5, 5.41) is 3.82. The van der Waals surface area contributed by atoms with Crippen LogP contribution in [-0.4, -0.2) is 44.3 Å². The van der Waals surface area contributed by atoms with E-state index in [1.54, 1.807) is 14.2 Å². The molecule has 146 valence electrons. The lowest BCUT2D eigenvalue weighted by Gasteiger charge is -2.34. The van der Waals surface area contributed by atoms with Crippen molar-refractivity contribution in [2.75, 3.05) is 27.3 Å². The average Bonchev–Trinajstić information content (AvgIpc) is 2.70. The first-order valence-corrected chi connectivity index (χ1v) is 9.91. The molecule has 1 aliphatic heterocycles. The number of hydrogen-bond acceptors (Lipinski definition) is 4. The third-order valence-corrected chi connectivity index (χ3v) is 5.35. The Bertz CT molecular complexity index is 697. The molecule has 1 aliphatic rings. The van der Waals surface area contributed by atoms with Crippen molar-refractivity contribution in [3.05, 3.63) is 59.7 Å². The van der Waals surface area contributed by atoms with Crippen molar-refractivity contribution in [2.45, 2.75) is 44.8 Å². The Balaban J connectivity index is 1.45. The van der Waals surface area contributed by atoms with Gasteiger partial charge in [0.2, 0.25) is 0 Å². The zero-order valence-corrected chi connectivity index (χ0v) is 16.8. The Hall–Kier alpha value is -2.04. The van der Waals surface area contributed by atoms with Gasteiger partial charge < -0.3 is 14.8 Å². The van der Waals surface area contributed by atoms with Crippen LogP contribution in [0.25, 0.3) is 0 Å². The first-order valence-electron chi connectivity index (χ1n) is 9.91. The van der Waals surface area contributed by atoms with Crippen molar-refractivity contribution < 1.29 is 9.47 Å². The normalized spacial score (nSPS) is 16.9. The predicted octanol–water partition coefficient (Wildman–Crippen LogP) is 3.89. The van der Waals surface area contributed by atoms with Gasteiger partial charge in [0, 0.05) is 18.6 Å². The molecular weight excluding hydrogens is 336 g/mol. The van der Waals surface area contributed by atoms with E-state index in [4.69, 9.17) is 9.47 Å². The lowest BCUT2D eigenvalue weighted by Crippen LogP contribution is -2.45. The second-order valence-electron chi connectivity index (χ2n) is 7.50. The molecule has 0 spiro atoms. The second kappa shape index (κ2) is 9.77. The van der Waals surface area contributed by atoms with E-state index in [1.807, 2.05) is 6.07 Å². The highest BCUT2D eigenvalue weighted by atomic mass is 16.5. The standard InChI is InChI=1S/C23H32N2O2/c1-18(15-20-9-10-22(26-2)23(16-20)27-3)24-21-11-13-25(14-12-21)17-19-7-5-4-6-8-19/h4-10,16,18,21,24H,11-15,17H2,1-3H3/t18-/m0/s1. The zero-order chi connectivity index (χ0) is 19.1. The number of likely N-dealkylation sites (tertiary alicyclic amines) is 1. The number of methoxy groups -OCH3 is 2. The summed E-state index contributed by atoms with van der Waals surface area (Å²) in [6.45, 7) is 5.66. The topological polar surface area (TPSA) is 33.7 Å². The SMILES string of the molecule is COc1ccc(C[C@H](C)NC2CCN(Cc3ccccc3)CC2)cc1OC. The fraction of sp³-hybridized carbons (Fsp3) is 0.478. The van der Waals surface area contributed by atoms with Crippen LogP contribution in [0.3, 0.4) is 0 Å². The Kier molecular flexibility index (Phi) is 7.13. The van der Waals surface area contributed by atoms with Crippen LogP contribution in [0.4, 0.5) is 0 Å². The summed E-state index contributed by atoms with van der Waals surface area (Å²) in [7, 11) is 3.36. The molecule has 1 N–H and O–H groups in total. The summed E-state index contributed by atoms with van der Waals surface area (Å²) >= 11 is 0. The van der Waals surface area contributed by atoms with E-state index in [1.165, 1.54) is 24.0 Å². The first-order chi connectivity index (χ1) is 13.2. The van der Waals surface area contributed by atoms with Crippen molar-refractivity contribution in [1.82, 2.24) is 10.2 Å². The van der Waals surface area contributed by atoms with E-state index in [9.17, 15) is 0 Å². The number of piperidine rings is 1. The van der Waals surface area contributed by atoms with E-state index in [0.717, 1.165) is 37.6 Å². The molecule has 0 aromatic heterocycles. The molecule has 0 unspecified atom stereocenters. The first kappa shape index (κ1) is 19.7. The van der Waals surface area contributed by atoms with Crippen LogP contribution in [0.2, 0.25) is 0 Å². The molecule has 0 bridgehead atoms. The van der Waals surface area contributed by atoms with Gasteiger partial charge in [0.25, 0.3) is 0 Å². The summed E-state index contributed by atoms with van der Waals surface area (Å²) in [6.07, 6.45) is 3.41. The highest BCUT2D eigenvalue weighted by Gasteiger charge is 2.20. The minimum atomic E-state index is 0.439. The summed E-state index contributed by atoms with van der Waals surface area (Å²) < 4.78 is 10.7. The van der Waals surface area contributed by atoms with Gasteiger partial charge in [-0.1, -0.05) is 36.4 Å². The summed E-state index contributed by atoms with van der Waals surface area (Å²) in [4.78, 5) is 2.56. The van der Waals surface area contributed by atoms with E-state index in [-0.39, 0.29) is 0 Å². The van der Waals surface area contributed by atoms with Gasteiger partial charge in [-0.15, -0.1) is 0 Å². The Morgan fingerprint density at radius 3 is 2.33 bits per heavy atom. The van der Waals surface area contributed by atoms with Crippen molar-refractivity contribution >= 4 is 0 Å². The molecule has 0 radical (unpaired) electrons. The predicted molar refractivity (Wildman–Crippen MR) is 111 cm³/mol. The molecule has 4 nitrogen and oxygen atoms in total. The maximum atomic E-state index is 5.42. The van der Waals surface area contributed by atoms with Crippen LogP contribution < -0.4 is 14.8 Å². The van der Waals surface area contributed by atoms with Crippen molar-refractivity contribution in [3.63, 3.8) is 0 Å². The minimum Gasteiger partial charge on any atom is -0.493 e. The highest BCUT2D eigenvalue weighted by Crippen LogP contribution is 2.28. The van der Waals surface area contributed by atoms with Crippen LogP contribution in [0.5, 0.6) is 11.5 Å². The van der Waals surface area contributed by atoms with Gasteiger partial charge in [-0.05, 0) is 62.5 Å². The fourth-order valence-electron chi connectivity index (χ4n) is 3.92. The van der Waals surface area contributed by atoms with Gasteiger partial charge in [0.1, 0.15) is 0 Å². The molecule has 0 aliphatic carbocycles. The minimum absolute atomic E-state index is 0.439. The van der Waals surface area contributed by atoms with Crippen LogP contribution in [0.1, 0.15) is 30.9 Å². The Morgan fingerprint density at radius 2 is 1.67 bits per heavy atom. The summed E-state index contributed by atoms with van der Waals surface area (Å²) in [5.41, 5.74) is 2.68. The lowest BCUT2D eigenvalue weighted by atomic mass is 10.0. The van der Waals surface area contributed by atoms with Gasteiger partial charge in [-0.3, -0.25) is 4.90 Å². The van der Waals surface area contributed by atoms with Crippen LogP contribution in [0, 0.1) is 0 Å². The lowest BCUT2D eigenvalue weighted by molar-refractivity contribution is 0.185. The Morgan fingerprint density at radius 1 is 0.963 bits per heavy atom. The van der Waals surface area contributed by atoms with Crippen LogP contribution in [0.15, 0.2) is 48.5 Å². The van der Waals surface area contributed by atoms with Gasteiger partial charge >= 0.3 is 0 Å². The van der Waals surface area contributed by atoms with Crippen molar-refractivity contribution in [2.24, 2.45) is 0 Å². The molecule has 1 fully saturated rings. The summed E-state index contributed by atoms with van der Waals surface area (Å²) in [6, 6.07) is 18.0. The molecule has 0 amide bonds. The van der Waals surface area contributed by atoms with Crippen LogP contribution >= 0.6 is 0 Å². The van der Waals surface area contributed by atoms with Gasteiger partial charge in [-0.25, -0.2) is 0 Å². The number of nitrogens with one attached hydrogen (secondary N) is 1. The number of nitrogens with zero attached hydrogens (tertiary/aromatic N) is 1. The molecule has 2 aromatic carbocycles. The smallest absolute Gasteiger partial charge is 0.160 e. The third kappa shape index (κ3) is 5.72. The molecule has 2 aromatic rings. The van der Waals surface area contributed by atoms with Crippen molar-refractivity contribution in [3.8, 4) is 11.5 Å². The average molecular weight is 369 g/mol. The zero-order valence-electron chi connectivity index (χ0n) is 16.8. The van der Waals surface area contributed by atoms with E-state index < -0.39 is 0 Å². The third-order valence-electron chi connectivity index (χ3n) is 5.35. The van der Waals surface area contributed by atoms with Gasteiger partial charge in [0.15, 0.2) is 11.5 Å². The van der Waals surface area contributed by atoms with E-state index >= 15 is 0 Å². The molecule has 1 atom stereocenters. The number of hydrogen-bond donors (Lipinski definition) is 1. The molecule has 27 heavy (non-hydrogen) atoms. The number of rotatable bonds is 8. The fourth-order valence-corrected chi connectivity index (χ4v) is 3.92. The van der Waals surface area contributed by atoms with Gasteiger partial charge in [0.05, 0.1) is 14.2 Å². The molecule has 3 rings (SSSR count). The largest absolute Gasteiger partial charge is 0.493 e. The molecule has 1 saturated heterocycles. The monoisotopic (exact) mass is 368 g/mol. The maximum absolute atomic E-state index is 5.42. The number of ether oxygens (including phenoxy) is 2. The summed E-state index contributed by atoms with van der Waals surface area (Å²) in [5.74, 6) is 1.59. The Labute approximate surface area is 163 Å². The van der Waals surface area contributed by atoms with Gasteiger partial charge in [-0.2, -0.15) is 0 Å². The second-order valence-corrected chi connectivity index (χ2v) is 7.50. The maximum Gasteiger partial charge on any atom is 0.160 e. The molecule has 1 heterocycles. The molecule has 4 heteroatoms. The molecular formula is C23H32N2O2.